The molecule has 0 saturated carbocycles. The topological polar surface area (TPSA) is 75.3 Å². The van der Waals surface area contributed by atoms with E-state index in [-0.39, 0.29) is 0 Å². The van der Waals surface area contributed by atoms with Gasteiger partial charge >= 0.3 is 6.03 Å². The quantitative estimate of drug-likeness (QED) is 0.600. The number of hydrogen-bond donors (Lipinski definition) is 2. The number of carbonyl (C=O) groups excluding carboxylic acids is 3. The second kappa shape index (κ2) is 7.20. The Balaban J connectivity index is 2.23. The lowest BCUT2D eigenvalue weighted by molar-refractivity contribution is -0.139. The fourth-order valence-electron chi connectivity index (χ4n) is 2.90. The lowest BCUT2D eigenvalue weighted by Crippen LogP contribution is -2.64. The number of carbonyl (C=O) groups is 3. The van der Waals surface area contributed by atoms with Crippen LogP contribution in [0, 0.1) is 0 Å². The van der Waals surface area contributed by atoms with Gasteiger partial charge in [0.05, 0.1) is 0 Å². The molecule has 5 nitrogen and oxygen atoms in total. The fraction of sp³-hybridized carbons (Fsp3) is 0.471. The molecule has 0 unspecified atom stereocenters. The van der Waals surface area contributed by atoms with Crippen LogP contribution in [-0.4, -0.2) is 17.8 Å². The molecule has 2 rings (SSSR count). The van der Waals surface area contributed by atoms with Crippen molar-refractivity contribution < 1.29 is 14.4 Å². The number of benzene rings is 1. The van der Waals surface area contributed by atoms with Crippen molar-refractivity contribution in [2.75, 3.05) is 0 Å². The minimum atomic E-state index is -1.30. The van der Waals surface area contributed by atoms with Gasteiger partial charge in [-0.25, -0.2) is 4.79 Å². The first-order chi connectivity index (χ1) is 10.6. The summed E-state index contributed by atoms with van der Waals surface area (Å²) >= 11 is 0. The number of barbiturate groups is 1. The van der Waals surface area contributed by atoms with Crippen LogP contribution in [0.3, 0.4) is 0 Å². The molecule has 0 radical (unpaired) electrons. The standard InChI is InChI=1S/C17H22N2O3/c1-2-3-4-5-9-12-17(13-10-7-6-8-11-13)14(20)18-16(22)19-15(17)21/h6-8,10-11H,2-5,9,12H2,1H3,(H2,18,19,20,21,22). The van der Waals surface area contributed by atoms with Crippen LogP contribution in [0.2, 0.25) is 0 Å². The van der Waals surface area contributed by atoms with Crippen molar-refractivity contribution in [2.24, 2.45) is 0 Å². The molecule has 1 aliphatic heterocycles. The van der Waals surface area contributed by atoms with E-state index in [0.717, 1.165) is 32.1 Å². The Hall–Kier alpha value is -2.17. The number of nitrogens with one attached hydrogen (secondary N) is 2. The van der Waals surface area contributed by atoms with Crippen LogP contribution in [0.5, 0.6) is 0 Å². The van der Waals surface area contributed by atoms with Crippen LogP contribution in [0.1, 0.15) is 51.0 Å². The molecule has 0 bridgehead atoms. The zero-order valence-corrected chi connectivity index (χ0v) is 12.9. The monoisotopic (exact) mass is 302 g/mol. The number of amides is 4. The van der Waals surface area contributed by atoms with Gasteiger partial charge < -0.3 is 0 Å². The van der Waals surface area contributed by atoms with E-state index < -0.39 is 23.3 Å². The Kier molecular flexibility index (Phi) is 5.31. The minimum Gasteiger partial charge on any atom is -0.277 e. The van der Waals surface area contributed by atoms with Gasteiger partial charge in [0.25, 0.3) is 0 Å². The predicted octanol–water partition coefficient (Wildman–Crippen LogP) is 2.65. The number of hydrogen-bond acceptors (Lipinski definition) is 3. The lowest BCUT2D eigenvalue weighted by atomic mass is 9.73. The van der Waals surface area contributed by atoms with Crippen molar-refractivity contribution in [3.8, 4) is 0 Å². The van der Waals surface area contributed by atoms with Gasteiger partial charge in [-0.1, -0.05) is 69.4 Å². The van der Waals surface area contributed by atoms with Crippen molar-refractivity contribution in [1.82, 2.24) is 10.6 Å². The first kappa shape index (κ1) is 16.2. The van der Waals surface area contributed by atoms with E-state index in [1.807, 2.05) is 6.07 Å². The molecule has 0 atom stereocenters. The van der Waals surface area contributed by atoms with Gasteiger partial charge in [0, 0.05) is 0 Å². The molecule has 0 aliphatic carbocycles. The van der Waals surface area contributed by atoms with Gasteiger partial charge in [-0.2, -0.15) is 0 Å². The largest absolute Gasteiger partial charge is 0.328 e. The third-order valence-corrected chi connectivity index (χ3v) is 4.15. The molecule has 1 fully saturated rings. The zero-order chi connectivity index (χ0) is 16.0. The average molecular weight is 302 g/mol. The van der Waals surface area contributed by atoms with Crippen molar-refractivity contribution in [2.45, 2.75) is 50.9 Å². The summed E-state index contributed by atoms with van der Waals surface area (Å²) in [5, 5.41) is 4.48. The molecule has 118 valence electrons. The third kappa shape index (κ3) is 3.18. The maximum absolute atomic E-state index is 12.5. The molecule has 1 aliphatic rings. The highest BCUT2D eigenvalue weighted by atomic mass is 16.2. The Morgan fingerprint density at radius 2 is 1.45 bits per heavy atom. The minimum absolute atomic E-state index is 0.408. The van der Waals surface area contributed by atoms with E-state index in [1.165, 1.54) is 0 Å². The van der Waals surface area contributed by atoms with Gasteiger partial charge in [-0.3, -0.25) is 20.2 Å². The molecule has 1 aromatic carbocycles. The molecule has 0 aromatic heterocycles. The summed E-state index contributed by atoms with van der Waals surface area (Å²) in [4.78, 5) is 36.3. The Morgan fingerprint density at radius 3 is 2.05 bits per heavy atom. The van der Waals surface area contributed by atoms with Crippen LogP contribution >= 0.6 is 0 Å². The maximum atomic E-state index is 12.5. The average Bonchev–Trinajstić information content (AvgIpc) is 2.50. The van der Waals surface area contributed by atoms with E-state index in [1.54, 1.807) is 24.3 Å². The highest BCUT2D eigenvalue weighted by Crippen LogP contribution is 2.33. The van der Waals surface area contributed by atoms with E-state index in [4.69, 9.17) is 0 Å². The van der Waals surface area contributed by atoms with Crippen LogP contribution in [0.4, 0.5) is 4.79 Å². The second-order valence-corrected chi connectivity index (χ2v) is 5.67. The SMILES string of the molecule is CCCCCCCC1(c2ccccc2)C(=O)NC(=O)NC1=O. The molecular weight excluding hydrogens is 280 g/mol. The summed E-state index contributed by atoms with van der Waals surface area (Å²) < 4.78 is 0. The van der Waals surface area contributed by atoms with Crippen LogP contribution in [0.25, 0.3) is 0 Å². The predicted molar refractivity (Wildman–Crippen MR) is 83.2 cm³/mol. The number of rotatable bonds is 7. The molecule has 0 spiro atoms. The van der Waals surface area contributed by atoms with Crippen LogP contribution in [0.15, 0.2) is 30.3 Å². The van der Waals surface area contributed by atoms with Gasteiger partial charge in [-0.05, 0) is 12.0 Å². The summed E-state index contributed by atoms with van der Waals surface area (Å²) in [6.07, 6.45) is 5.52. The van der Waals surface area contributed by atoms with Crippen molar-refractivity contribution in [3.63, 3.8) is 0 Å². The molecule has 1 aromatic rings. The van der Waals surface area contributed by atoms with Crippen molar-refractivity contribution in [3.05, 3.63) is 35.9 Å². The van der Waals surface area contributed by atoms with E-state index >= 15 is 0 Å². The normalized spacial score (nSPS) is 17.0. The first-order valence-corrected chi connectivity index (χ1v) is 7.83. The summed E-state index contributed by atoms with van der Waals surface area (Å²) in [6.45, 7) is 2.14. The molecule has 5 heteroatoms. The number of urea groups is 1. The third-order valence-electron chi connectivity index (χ3n) is 4.15. The van der Waals surface area contributed by atoms with E-state index in [9.17, 15) is 14.4 Å². The number of imide groups is 2. The lowest BCUT2D eigenvalue weighted by Gasteiger charge is -2.34. The molecule has 2 N–H and O–H groups in total. The first-order valence-electron chi connectivity index (χ1n) is 7.83. The maximum Gasteiger partial charge on any atom is 0.328 e. The Bertz CT molecular complexity index is 534. The molecular formula is C17H22N2O3. The summed E-state index contributed by atoms with van der Waals surface area (Å²) in [6, 6.07) is 8.22. The molecule has 22 heavy (non-hydrogen) atoms. The van der Waals surface area contributed by atoms with Crippen molar-refractivity contribution in [1.29, 1.82) is 0 Å². The zero-order valence-electron chi connectivity index (χ0n) is 12.9. The van der Waals surface area contributed by atoms with Gasteiger partial charge in [0.2, 0.25) is 11.8 Å². The summed E-state index contributed by atoms with van der Waals surface area (Å²) in [7, 11) is 0. The second-order valence-electron chi connectivity index (χ2n) is 5.67. The van der Waals surface area contributed by atoms with Gasteiger partial charge in [0.15, 0.2) is 5.41 Å². The Morgan fingerprint density at radius 1 is 0.864 bits per heavy atom. The summed E-state index contributed by atoms with van der Waals surface area (Å²) in [5.74, 6) is -1.05. The van der Waals surface area contributed by atoms with Gasteiger partial charge in [-0.15, -0.1) is 0 Å². The van der Waals surface area contributed by atoms with Crippen molar-refractivity contribution >= 4 is 17.8 Å². The summed E-state index contributed by atoms with van der Waals surface area (Å²) in [5.41, 5.74) is -0.672. The molecule has 1 heterocycles. The van der Waals surface area contributed by atoms with E-state index in [2.05, 4.69) is 17.6 Å². The Labute approximate surface area is 130 Å². The van der Waals surface area contributed by atoms with E-state index in [0.29, 0.717) is 12.0 Å². The highest BCUT2D eigenvalue weighted by Gasteiger charge is 2.50. The van der Waals surface area contributed by atoms with Crippen LogP contribution in [-0.2, 0) is 15.0 Å². The number of unbranched alkanes of at least 4 members (excludes halogenated alkanes) is 4. The molecule has 4 amide bonds. The van der Waals surface area contributed by atoms with Crippen LogP contribution < -0.4 is 10.6 Å². The fourth-order valence-corrected chi connectivity index (χ4v) is 2.90. The highest BCUT2D eigenvalue weighted by molar-refractivity contribution is 6.22. The molecule has 1 saturated heterocycles. The van der Waals surface area contributed by atoms with Gasteiger partial charge in [0.1, 0.15) is 0 Å². The smallest absolute Gasteiger partial charge is 0.277 e.